The molecule has 3 heteroatoms. The molecule has 0 bridgehead atoms. The summed E-state index contributed by atoms with van der Waals surface area (Å²) in [6.07, 6.45) is 11.3. The molecular weight excluding hydrogens is 226 g/mol. The minimum atomic E-state index is 0.271. The molecule has 104 valence electrons. The average molecular weight is 253 g/mol. The van der Waals surface area contributed by atoms with Gasteiger partial charge in [0.15, 0.2) is 0 Å². The molecule has 1 amide bonds. The van der Waals surface area contributed by atoms with E-state index in [0.29, 0.717) is 24.5 Å². The van der Waals surface area contributed by atoms with Gasteiger partial charge in [0.25, 0.3) is 0 Å². The predicted octanol–water partition coefficient (Wildman–Crippen LogP) is 2.62. The maximum Gasteiger partial charge on any atom is 0.220 e. The SMILES string of the molecule is O=C(CC1CCCC1)NC1CCC(CCO)CC1. The standard InChI is InChI=1S/C15H27NO2/c17-10-9-12-5-7-14(8-6-12)16-15(18)11-13-3-1-2-4-13/h12-14,17H,1-11H2,(H,16,18). The van der Waals surface area contributed by atoms with Crippen LogP contribution in [0.4, 0.5) is 0 Å². The summed E-state index contributed by atoms with van der Waals surface area (Å²) in [5.41, 5.74) is 0. The summed E-state index contributed by atoms with van der Waals surface area (Å²) >= 11 is 0. The number of amides is 1. The van der Waals surface area contributed by atoms with E-state index >= 15 is 0 Å². The van der Waals surface area contributed by atoms with E-state index in [-0.39, 0.29) is 5.91 Å². The summed E-state index contributed by atoms with van der Waals surface area (Å²) in [7, 11) is 0. The fourth-order valence-corrected chi connectivity index (χ4v) is 3.54. The number of hydrogen-bond donors (Lipinski definition) is 2. The Morgan fingerprint density at radius 1 is 1.00 bits per heavy atom. The number of hydrogen-bond acceptors (Lipinski definition) is 2. The van der Waals surface area contributed by atoms with Crippen molar-refractivity contribution in [2.75, 3.05) is 6.61 Å². The number of rotatable bonds is 5. The van der Waals surface area contributed by atoms with Crippen molar-refractivity contribution < 1.29 is 9.90 Å². The lowest BCUT2D eigenvalue weighted by molar-refractivity contribution is -0.123. The summed E-state index contributed by atoms with van der Waals surface area (Å²) in [4.78, 5) is 11.9. The Balaban J connectivity index is 1.63. The number of aliphatic hydroxyl groups is 1. The third-order valence-corrected chi connectivity index (χ3v) is 4.70. The Morgan fingerprint density at radius 2 is 1.67 bits per heavy atom. The van der Waals surface area contributed by atoms with Crippen molar-refractivity contribution in [2.45, 2.75) is 70.3 Å². The quantitative estimate of drug-likeness (QED) is 0.791. The van der Waals surface area contributed by atoms with Gasteiger partial charge in [-0.05, 0) is 56.8 Å². The van der Waals surface area contributed by atoms with Gasteiger partial charge in [-0.3, -0.25) is 4.79 Å². The second kappa shape index (κ2) is 7.13. The molecule has 0 atom stereocenters. The van der Waals surface area contributed by atoms with Crippen LogP contribution in [0.2, 0.25) is 0 Å². The van der Waals surface area contributed by atoms with Crippen molar-refractivity contribution in [3.05, 3.63) is 0 Å². The van der Waals surface area contributed by atoms with E-state index in [1.165, 1.54) is 25.7 Å². The number of aliphatic hydroxyl groups excluding tert-OH is 1. The normalized spacial score (nSPS) is 29.4. The van der Waals surface area contributed by atoms with Gasteiger partial charge in [0, 0.05) is 19.1 Å². The minimum Gasteiger partial charge on any atom is -0.396 e. The van der Waals surface area contributed by atoms with Crippen LogP contribution in [0.5, 0.6) is 0 Å². The van der Waals surface area contributed by atoms with Crippen molar-refractivity contribution >= 4 is 5.91 Å². The largest absolute Gasteiger partial charge is 0.396 e. The molecule has 0 heterocycles. The summed E-state index contributed by atoms with van der Waals surface area (Å²) < 4.78 is 0. The molecule has 0 aromatic carbocycles. The Kier molecular flexibility index (Phi) is 5.48. The topological polar surface area (TPSA) is 49.3 Å². The van der Waals surface area contributed by atoms with E-state index < -0.39 is 0 Å². The Hall–Kier alpha value is -0.570. The first-order chi connectivity index (χ1) is 8.78. The van der Waals surface area contributed by atoms with Gasteiger partial charge in [-0.25, -0.2) is 0 Å². The smallest absolute Gasteiger partial charge is 0.220 e. The lowest BCUT2D eigenvalue weighted by Gasteiger charge is -2.29. The second-order valence-corrected chi connectivity index (χ2v) is 6.15. The Bertz CT molecular complexity index is 253. The number of carbonyl (C=O) groups is 1. The van der Waals surface area contributed by atoms with Gasteiger partial charge in [-0.2, -0.15) is 0 Å². The molecule has 0 aromatic rings. The van der Waals surface area contributed by atoms with Gasteiger partial charge < -0.3 is 10.4 Å². The zero-order chi connectivity index (χ0) is 12.8. The van der Waals surface area contributed by atoms with E-state index in [1.54, 1.807) is 0 Å². The van der Waals surface area contributed by atoms with Crippen LogP contribution in [0.1, 0.15) is 64.2 Å². The lowest BCUT2D eigenvalue weighted by Crippen LogP contribution is -2.38. The molecule has 2 fully saturated rings. The molecule has 0 aromatic heterocycles. The number of carbonyl (C=O) groups excluding carboxylic acids is 1. The van der Waals surface area contributed by atoms with E-state index in [1.807, 2.05) is 0 Å². The molecule has 0 aliphatic heterocycles. The lowest BCUT2D eigenvalue weighted by atomic mass is 9.84. The molecule has 2 aliphatic carbocycles. The van der Waals surface area contributed by atoms with Crippen LogP contribution in [0.3, 0.4) is 0 Å². The molecule has 0 saturated heterocycles. The van der Waals surface area contributed by atoms with E-state index in [9.17, 15) is 4.79 Å². The van der Waals surface area contributed by atoms with Crippen molar-refractivity contribution in [1.82, 2.24) is 5.32 Å². The van der Waals surface area contributed by atoms with Gasteiger partial charge in [0.05, 0.1) is 0 Å². The fourth-order valence-electron chi connectivity index (χ4n) is 3.54. The van der Waals surface area contributed by atoms with Gasteiger partial charge >= 0.3 is 0 Å². The minimum absolute atomic E-state index is 0.271. The van der Waals surface area contributed by atoms with Crippen LogP contribution in [-0.2, 0) is 4.79 Å². The maximum atomic E-state index is 11.9. The zero-order valence-corrected chi connectivity index (χ0v) is 11.4. The number of nitrogens with one attached hydrogen (secondary N) is 1. The fraction of sp³-hybridized carbons (Fsp3) is 0.933. The Morgan fingerprint density at radius 3 is 2.28 bits per heavy atom. The monoisotopic (exact) mass is 253 g/mol. The summed E-state index contributed by atoms with van der Waals surface area (Å²) in [5.74, 6) is 1.60. The van der Waals surface area contributed by atoms with Crippen molar-refractivity contribution in [3.63, 3.8) is 0 Å². The second-order valence-electron chi connectivity index (χ2n) is 6.15. The van der Waals surface area contributed by atoms with Crippen molar-refractivity contribution in [3.8, 4) is 0 Å². The highest BCUT2D eigenvalue weighted by atomic mass is 16.3. The Labute approximate surface area is 110 Å². The average Bonchev–Trinajstić information content (AvgIpc) is 2.84. The maximum absolute atomic E-state index is 11.9. The molecule has 2 saturated carbocycles. The zero-order valence-electron chi connectivity index (χ0n) is 11.4. The summed E-state index contributed by atoms with van der Waals surface area (Å²) in [5, 5.41) is 12.1. The molecular formula is C15H27NO2. The molecule has 2 aliphatic rings. The van der Waals surface area contributed by atoms with Crippen LogP contribution in [0.25, 0.3) is 0 Å². The third-order valence-electron chi connectivity index (χ3n) is 4.70. The molecule has 2 rings (SSSR count). The highest BCUT2D eigenvalue weighted by Crippen LogP contribution is 2.29. The van der Waals surface area contributed by atoms with Gasteiger partial charge in [0.1, 0.15) is 0 Å². The molecule has 0 spiro atoms. The van der Waals surface area contributed by atoms with E-state index in [4.69, 9.17) is 5.11 Å². The molecule has 3 nitrogen and oxygen atoms in total. The van der Waals surface area contributed by atoms with Crippen LogP contribution < -0.4 is 5.32 Å². The first-order valence-electron chi connectivity index (χ1n) is 7.68. The third kappa shape index (κ3) is 4.27. The van der Waals surface area contributed by atoms with Crippen LogP contribution in [-0.4, -0.2) is 23.7 Å². The van der Waals surface area contributed by atoms with Gasteiger partial charge in [-0.15, -0.1) is 0 Å². The predicted molar refractivity (Wildman–Crippen MR) is 72.2 cm³/mol. The summed E-state index contributed by atoms with van der Waals surface area (Å²) in [6, 6.07) is 0.397. The van der Waals surface area contributed by atoms with Gasteiger partial charge in [-0.1, -0.05) is 12.8 Å². The van der Waals surface area contributed by atoms with Crippen molar-refractivity contribution in [1.29, 1.82) is 0 Å². The first kappa shape index (κ1) is 13.9. The van der Waals surface area contributed by atoms with Gasteiger partial charge in [0.2, 0.25) is 5.91 Å². The van der Waals surface area contributed by atoms with Crippen LogP contribution >= 0.6 is 0 Å². The molecule has 2 N–H and O–H groups in total. The van der Waals surface area contributed by atoms with Crippen molar-refractivity contribution in [2.24, 2.45) is 11.8 Å². The molecule has 0 unspecified atom stereocenters. The van der Waals surface area contributed by atoms with Crippen LogP contribution in [0, 0.1) is 11.8 Å². The van der Waals surface area contributed by atoms with E-state index in [0.717, 1.165) is 38.5 Å². The van der Waals surface area contributed by atoms with Crippen LogP contribution in [0.15, 0.2) is 0 Å². The molecule has 18 heavy (non-hydrogen) atoms. The summed E-state index contributed by atoms with van der Waals surface area (Å²) in [6.45, 7) is 0.309. The molecule has 0 radical (unpaired) electrons. The highest BCUT2D eigenvalue weighted by molar-refractivity contribution is 5.76. The highest BCUT2D eigenvalue weighted by Gasteiger charge is 2.24. The first-order valence-corrected chi connectivity index (χ1v) is 7.68. The van der Waals surface area contributed by atoms with E-state index in [2.05, 4.69) is 5.32 Å².